The van der Waals surface area contributed by atoms with E-state index in [1.165, 1.54) is 25.2 Å². The third-order valence-electron chi connectivity index (χ3n) is 2.64. The summed E-state index contributed by atoms with van der Waals surface area (Å²) in [7, 11) is -2.50. The van der Waals surface area contributed by atoms with Gasteiger partial charge in [0.05, 0.1) is 9.79 Å². The average molecular weight is 330 g/mol. The molecule has 0 spiro atoms. The second-order valence-corrected chi connectivity index (χ2v) is 7.03. The first kappa shape index (κ1) is 15.7. The number of sulfonamides is 1. The van der Waals surface area contributed by atoms with E-state index in [-0.39, 0.29) is 20.4 Å². The molecule has 0 fully saturated rings. The van der Waals surface area contributed by atoms with Crippen LogP contribution < -0.4 is 10.5 Å². The number of rotatable bonds is 4. The number of anilines is 1. The maximum absolute atomic E-state index is 13.7. The average Bonchev–Trinajstić information content (AvgIpc) is 2.44. The monoisotopic (exact) mass is 330 g/mol. The molecule has 0 aromatic heterocycles. The zero-order chi connectivity index (χ0) is 15.6. The van der Waals surface area contributed by atoms with Crippen molar-refractivity contribution in [1.82, 2.24) is 4.72 Å². The molecule has 0 unspecified atom stereocenters. The van der Waals surface area contributed by atoms with Gasteiger partial charge in [0.15, 0.2) is 0 Å². The van der Waals surface area contributed by atoms with Crippen LogP contribution in [0, 0.1) is 11.6 Å². The largest absolute Gasteiger partial charge is 0.399 e. The van der Waals surface area contributed by atoms with E-state index in [0.717, 1.165) is 30.0 Å². The molecular weight excluding hydrogens is 318 g/mol. The molecule has 0 atom stereocenters. The van der Waals surface area contributed by atoms with Gasteiger partial charge in [-0.25, -0.2) is 21.9 Å². The standard InChI is InChI=1S/C13H12F2N2O2S2/c1-17-21(18,19)13-7-9(16)3-5-11(13)20-12-6-8(14)2-4-10(12)15/h2-7,17H,16H2,1H3. The van der Waals surface area contributed by atoms with Crippen LogP contribution in [-0.4, -0.2) is 15.5 Å². The van der Waals surface area contributed by atoms with Gasteiger partial charge in [-0.05, 0) is 43.4 Å². The van der Waals surface area contributed by atoms with Crippen molar-refractivity contribution in [1.29, 1.82) is 0 Å². The van der Waals surface area contributed by atoms with Crippen LogP contribution in [-0.2, 0) is 10.0 Å². The van der Waals surface area contributed by atoms with Gasteiger partial charge in [0.1, 0.15) is 11.6 Å². The fourth-order valence-electron chi connectivity index (χ4n) is 1.60. The zero-order valence-electron chi connectivity index (χ0n) is 10.9. The smallest absolute Gasteiger partial charge is 0.241 e. The molecule has 21 heavy (non-hydrogen) atoms. The molecule has 2 aromatic carbocycles. The summed E-state index contributed by atoms with van der Waals surface area (Å²) >= 11 is 0.816. The molecule has 3 N–H and O–H groups in total. The molecule has 0 heterocycles. The van der Waals surface area contributed by atoms with Crippen molar-refractivity contribution >= 4 is 27.5 Å². The third kappa shape index (κ3) is 3.52. The van der Waals surface area contributed by atoms with Crippen molar-refractivity contribution in [2.24, 2.45) is 0 Å². The van der Waals surface area contributed by atoms with Gasteiger partial charge in [-0.2, -0.15) is 0 Å². The Morgan fingerprint density at radius 3 is 2.48 bits per heavy atom. The molecule has 112 valence electrons. The minimum absolute atomic E-state index is 0.00711. The van der Waals surface area contributed by atoms with Crippen molar-refractivity contribution in [2.45, 2.75) is 14.7 Å². The lowest BCUT2D eigenvalue weighted by molar-refractivity contribution is 0.576. The second kappa shape index (κ2) is 6.00. The molecule has 0 saturated carbocycles. The fraction of sp³-hybridized carbons (Fsp3) is 0.0769. The minimum atomic E-state index is -3.76. The second-order valence-electron chi connectivity index (χ2n) is 4.09. The van der Waals surface area contributed by atoms with Crippen LogP contribution >= 0.6 is 11.8 Å². The number of nitrogen functional groups attached to an aromatic ring is 1. The van der Waals surface area contributed by atoms with Crippen LogP contribution in [0.25, 0.3) is 0 Å². The third-order valence-corrected chi connectivity index (χ3v) is 5.33. The molecule has 2 aromatic rings. The lowest BCUT2D eigenvalue weighted by Gasteiger charge is -2.11. The van der Waals surface area contributed by atoms with Crippen LogP contribution in [0.4, 0.5) is 14.5 Å². The van der Waals surface area contributed by atoms with Gasteiger partial charge in [0.2, 0.25) is 10.0 Å². The summed E-state index contributed by atoms with van der Waals surface area (Å²) in [6.07, 6.45) is 0. The topological polar surface area (TPSA) is 72.2 Å². The van der Waals surface area contributed by atoms with Crippen LogP contribution in [0.5, 0.6) is 0 Å². The van der Waals surface area contributed by atoms with E-state index in [1.807, 2.05) is 0 Å². The number of halogens is 2. The maximum atomic E-state index is 13.7. The highest BCUT2D eigenvalue weighted by molar-refractivity contribution is 8.00. The molecule has 4 nitrogen and oxygen atoms in total. The van der Waals surface area contributed by atoms with E-state index in [2.05, 4.69) is 4.72 Å². The first-order chi connectivity index (χ1) is 9.83. The summed E-state index contributed by atoms with van der Waals surface area (Å²) in [4.78, 5) is 0.161. The fourth-order valence-corrected chi connectivity index (χ4v) is 3.77. The van der Waals surface area contributed by atoms with E-state index in [1.54, 1.807) is 0 Å². The van der Waals surface area contributed by atoms with Gasteiger partial charge >= 0.3 is 0 Å². The molecule has 0 saturated heterocycles. The molecule has 0 aliphatic heterocycles. The molecule has 0 aliphatic carbocycles. The number of benzene rings is 2. The maximum Gasteiger partial charge on any atom is 0.241 e. The summed E-state index contributed by atoms with van der Waals surface area (Å²) in [6, 6.07) is 7.20. The van der Waals surface area contributed by atoms with E-state index in [0.29, 0.717) is 0 Å². The van der Waals surface area contributed by atoms with Gasteiger partial charge in [-0.1, -0.05) is 11.8 Å². The summed E-state index contributed by atoms with van der Waals surface area (Å²) in [6.45, 7) is 0. The van der Waals surface area contributed by atoms with Crippen molar-refractivity contribution in [2.75, 3.05) is 12.8 Å². The minimum Gasteiger partial charge on any atom is -0.399 e. The van der Waals surface area contributed by atoms with Crippen LogP contribution in [0.3, 0.4) is 0 Å². The molecule has 0 amide bonds. The van der Waals surface area contributed by atoms with Crippen LogP contribution in [0.15, 0.2) is 51.1 Å². The lowest BCUT2D eigenvalue weighted by Crippen LogP contribution is -2.19. The first-order valence-electron chi connectivity index (χ1n) is 5.79. The molecule has 8 heteroatoms. The number of hydrogen-bond donors (Lipinski definition) is 2. The van der Waals surface area contributed by atoms with E-state index >= 15 is 0 Å². The van der Waals surface area contributed by atoms with Gasteiger partial charge in [-0.3, -0.25) is 0 Å². The summed E-state index contributed by atoms with van der Waals surface area (Å²) in [5, 5.41) is 0. The molecule has 0 bridgehead atoms. The predicted octanol–water partition coefficient (Wildman–Crippen LogP) is 2.61. The molecular formula is C13H12F2N2O2S2. The Kier molecular flexibility index (Phi) is 4.50. The highest BCUT2D eigenvalue weighted by Crippen LogP contribution is 2.35. The van der Waals surface area contributed by atoms with Gasteiger partial charge < -0.3 is 5.73 Å². The first-order valence-corrected chi connectivity index (χ1v) is 8.09. The quantitative estimate of drug-likeness (QED) is 0.845. The van der Waals surface area contributed by atoms with Gasteiger partial charge in [-0.15, -0.1) is 0 Å². The Labute approximate surface area is 125 Å². The van der Waals surface area contributed by atoms with Crippen LogP contribution in [0.1, 0.15) is 0 Å². The Bertz CT molecular complexity index is 780. The van der Waals surface area contributed by atoms with E-state index < -0.39 is 21.7 Å². The highest BCUT2D eigenvalue weighted by atomic mass is 32.2. The summed E-state index contributed by atoms with van der Waals surface area (Å²) < 4.78 is 53.0. The van der Waals surface area contributed by atoms with Gasteiger partial charge in [0, 0.05) is 10.6 Å². The number of hydrogen-bond acceptors (Lipinski definition) is 4. The Balaban J connectivity index is 2.52. The van der Waals surface area contributed by atoms with E-state index in [9.17, 15) is 17.2 Å². The normalized spacial score (nSPS) is 11.6. The SMILES string of the molecule is CNS(=O)(=O)c1cc(N)ccc1Sc1cc(F)ccc1F. The van der Waals surface area contributed by atoms with Crippen LogP contribution in [0.2, 0.25) is 0 Å². The predicted molar refractivity (Wildman–Crippen MR) is 77.6 cm³/mol. The van der Waals surface area contributed by atoms with Crippen molar-refractivity contribution in [3.8, 4) is 0 Å². The zero-order valence-corrected chi connectivity index (χ0v) is 12.6. The Morgan fingerprint density at radius 2 is 1.81 bits per heavy atom. The van der Waals surface area contributed by atoms with Gasteiger partial charge in [0.25, 0.3) is 0 Å². The van der Waals surface area contributed by atoms with Crippen molar-refractivity contribution in [3.63, 3.8) is 0 Å². The summed E-state index contributed by atoms with van der Waals surface area (Å²) in [5.41, 5.74) is 5.85. The van der Waals surface area contributed by atoms with E-state index in [4.69, 9.17) is 5.73 Å². The summed E-state index contributed by atoms with van der Waals surface area (Å²) in [5.74, 6) is -1.24. The van der Waals surface area contributed by atoms with Crippen molar-refractivity contribution < 1.29 is 17.2 Å². The molecule has 2 rings (SSSR count). The highest BCUT2D eigenvalue weighted by Gasteiger charge is 2.19. The lowest BCUT2D eigenvalue weighted by atomic mass is 10.3. The molecule has 0 radical (unpaired) electrons. The number of nitrogens with two attached hydrogens (primary N) is 1. The van der Waals surface area contributed by atoms with Crippen molar-refractivity contribution in [3.05, 3.63) is 48.0 Å². The Morgan fingerprint density at radius 1 is 1.10 bits per heavy atom. The Hall–Kier alpha value is -1.64. The molecule has 0 aliphatic rings. The number of nitrogens with one attached hydrogen (secondary N) is 1.